The van der Waals surface area contributed by atoms with Crippen molar-refractivity contribution in [3.63, 3.8) is 0 Å². The fraction of sp³-hybridized carbons (Fsp3) is 0.300. The zero-order valence-electron chi connectivity index (χ0n) is 22.1. The van der Waals surface area contributed by atoms with Gasteiger partial charge in [-0.25, -0.2) is 13.1 Å². The summed E-state index contributed by atoms with van der Waals surface area (Å²) in [6.07, 6.45) is -3.68. The molecule has 41 heavy (non-hydrogen) atoms. The molecule has 5 nitrogen and oxygen atoms in total. The van der Waals surface area contributed by atoms with Crippen LogP contribution in [-0.4, -0.2) is 52.5 Å². The number of nitrogens with one attached hydrogen (secondary N) is 1. The maximum Gasteiger partial charge on any atom is 0.416 e. The number of nitrogens with zero attached hydrogens (tertiary/aromatic N) is 3. The molecule has 2 aliphatic heterocycles. The van der Waals surface area contributed by atoms with E-state index in [0.717, 1.165) is 47.1 Å². The summed E-state index contributed by atoms with van der Waals surface area (Å²) >= 11 is 1.11. The van der Waals surface area contributed by atoms with Crippen LogP contribution < -0.4 is 10.1 Å². The van der Waals surface area contributed by atoms with Crippen molar-refractivity contribution >= 4 is 34.2 Å². The van der Waals surface area contributed by atoms with Crippen LogP contribution in [-0.2, 0) is 6.18 Å². The maximum atomic E-state index is 14.1. The molecule has 2 fully saturated rings. The van der Waals surface area contributed by atoms with Crippen LogP contribution in [0.1, 0.15) is 17.7 Å². The number of hydrogen-bond donors (Lipinski definition) is 1. The minimum absolute atomic E-state index is 0.00110. The fourth-order valence-corrected chi connectivity index (χ4v) is 6.64. The second-order valence-corrected chi connectivity index (χ2v) is 11.4. The highest BCUT2D eigenvalue weighted by Gasteiger charge is 2.44. The molecule has 0 saturated carbocycles. The number of aromatic nitrogens is 1. The standard InChI is InChI=1S/C30H27F5N4OS/c1-18-11-28(24-5-2-3-8-27(24)36-18)37-20-12-19(30(33,34)35)13-23(14-20)40-10-9-38-16-22-15-21(38)17-39(22)41-29-25(31)6-4-7-26(29)32/h2-8,11-14,21-22H,9-10,15-17H2,1H3,(H,36,37)/t21-,22-/m1/s1. The van der Waals surface area contributed by atoms with Gasteiger partial charge in [0.2, 0.25) is 0 Å². The van der Waals surface area contributed by atoms with Crippen LogP contribution in [0.5, 0.6) is 5.75 Å². The van der Waals surface area contributed by atoms with Crippen LogP contribution in [0.4, 0.5) is 33.3 Å². The number of para-hydroxylation sites is 1. The van der Waals surface area contributed by atoms with Crippen molar-refractivity contribution in [3.8, 4) is 5.75 Å². The van der Waals surface area contributed by atoms with Gasteiger partial charge in [0.15, 0.2) is 0 Å². The Hall–Kier alpha value is -3.41. The highest BCUT2D eigenvalue weighted by atomic mass is 32.2. The van der Waals surface area contributed by atoms with E-state index in [0.29, 0.717) is 25.3 Å². The first-order valence-corrected chi connectivity index (χ1v) is 14.0. The van der Waals surface area contributed by atoms with E-state index in [4.69, 9.17) is 4.74 Å². The van der Waals surface area contributed by atoms with Gasteiger partial charge in [-0.15, -0.1) is 0 Å². The van der Waals surface area contributed by atoms with Gasteiger partial charge in [-0.1, -0.05) is 24.3 Å². The molecule has 2 aliphatic rings. The maximum absolute atomic E-state index is 14.1. The van der Waals surface area contributed by atoms with Crippen LogP contribution in [0.25, 0.3) is 10.9 Å². The molecule has 3 aromatic carbocycles. The molecule has 0 amide bonds. The van der Waals surface area contributed by atoms with Crippen molar-refractivity contribution < 1.29 is 26.7 Å². The summed E-state index contributed by atoms with van der Waals surface area (Å²) < 4.78 is 77.3. The average molecular weight is 587 g/mol. The smallest absolute Gasteiger partial charge is 0.416 e. The number of halogens is 5. The van der Waals surface area contributed by atoms with Gasteiger partial charge in [-0.3, -0.25) is 9.88 Å². The van der Waals surface area contributed by atoms with Crippen LogP contribution in [0.15, 0.2) is 71.6 Å². The van der Waals surface area contributed by atoms with Gasteiger partial charge in [0.25, 0.3) is 0 Å². The molecule has 1 N–H and O–H groups in total. The number of piperazine rings is 1. The molecular formula is C30H27F5N4OS. The lowest BCUT2D eigenvalue weighted by atomic mass is 10.1. The molecule has 0 unspecified atom stereocenters. The summed E-state index contributed by atoms with van der Waals surface area (Å²) in [5.74, 6) is -1.04. The minimum atomic E-state index is -4.54. The van der Waals surface area contributed by atoms with Gasteiger partial charge in [-0.05, 0) is 61.7 Å². The van der Waals surface area contributed by atoms with Crippen LogP contribution in [0.3, 0.4) is 0 Å². The van der Waals surface area contributed by atoms with Gasteiger partial charge in [-0.2, -0.15) is 13.2 Å². The Labute approximate surface area is 238 Å². The van der Waals surface area contributed by atoms with E-state index in [1.54, 1.807) is 12.1 Å². The summed E-state index contributed by atoms with van der Waals surface area (Å²) in [6, 6.07) is 17.0. The first-order chi connectivity index (χ1) is 19.6. The molecular weight excluding hydrogens is 559 g/mol. The normalized spacial score (nSPS) is 19.3. The van der Waals surface area contributed by atoms with Crippen molar-refractivity contribution in [1.29, 1.82) is 0 Å². The Kier molecular flexibility index (Phi) is 7.52. The lowest BCUT2D eigenvalue weighted by Gasteiger charge is -2.33. The Balaban J connectivity index is 1.11. The molecule has 0 radical (unpaired) electrons. The number of benzene rings is 3. The lowest BCUT2D eigenvalue weighted by molar-refractivity contribution is -0.137. The number of ether oxygens (including phenoxy) is 1. The number of hydrogen-bond acceptors (Lipinski definition) is 6. The molecule has 0 aliphatic carbocycles. The van der Waals surface area contributed by atoms with E-state index in [9.17, 15) is 22.0 Å². The number of anilines is 2. The SMILES string of the molecule is Cc1cc(Nc2cc(OCCN3C[C@H]4C[C@@H]3CN4Sc3c(F)cccc3F)cc(C(F)(F)F)c2)c2ccccc2n1. The van der Waals surface area contributed by atoms with Gasteiger partial charge < -0.3 is 10.1 Å². The number of fused-ring (bicyclic) bond motifs is 3. The Bertz CT molecular complexity index is 1560. The summed E-state index contributed by atoms with van der Waals surface area (Å²) in [7, 11) is 0. The summed E-state index contributed by atoms with van der Waals surface area (Å²) in [5.41, 5.74) is 1.60. The van der Waals surface area contributed by atoms with Crippen molar-refractivity contribution in [3.05, 3.63) is 89.6 Å². The van der Waals surface area contributed by atoms with Crippen LogP contribution in [0.2, 0.25) is 0 Å². The third-order valence-electron chi connectivity index (χ3n) is 7.44. The Morgan fingerprint density at radius 3 is 2.49 bits per heavy atom. The van der Waals surface area contributed by atoms with Crippen molar-refractivity contribution in [2.45, 2.75) is 36.5 Å². The zero-order valence-corrected chi connectivity index (χ0v) is 22.9. The second-order valence-electron chi connectivity index (χ2n) is 10.3. The van der Waals surface area contributed by atoms with Crippen molar-refractivity contribution in [1.82, 2.24) is 14.2 Å². The van der Waals surface area contributed by atoms with Crippen LogP contribution >= 0.6 is 11.9 Å². The number of aryl methyl sites for hydroxylation is 1. The zero-order chi connectivity index (χ0) is 28.7. The van der Waals surface area contributed by atoms with Crippen molar-refractivity contribution in [2.75, 3.05) is 31.6 Å². The van der Waals surface area contributed by atoms with E-state index in [2.05, 4.69) is 15.2 Å². The molecule has 1 aromatic heterocycles. The Morgan fingerprint density at radius 2 is 1.76 bits per heavy atom. The summed E-state index contributed by atoms with van der Waals surface area (Å²) in [6.45, 7) is 3.90. The first-order valence-electron chi connectivity index (χ1n) is 13.3. The molecule has 6 rings (SSSR count). The van der Waals surface area contributed by atoms with E-state index in [1.165, 1.54) is 18.2 Å². The highest BCUT2D eigenvalue weighted by molar-refractivity contribution is 7.97. The number of likely N-dealkylation sites (tertiary alicyclic amines) is 1. The number of pyridine rings is 1. The van der Waals surface area contributed by atoms with Gasteiger partial charge in [0.1, 0.15) is 24.0 Å². The van der Waals surface area contributed by atoms with Gasteiger partial charge in [0, 0.05) is 60.2 Å². The summed E-state index contributed by atoms with van der Waals surface area (Å²) in [5, 5.41) is 3.93. The predicted molar refractivity (Wildman–Crippen MR) is 149 cm³/mol. The first kappa shape index (κ1) is 27.7. The second kappa shape index (κ2) is 11.1. The molecule has 0 spiro atoms. The third-order valence-corrected chi connectivity index (χ3v) is 8.69. The molecule has 4 aromatic rings. The molecule has 2 atom stereocenters. The highest BCUT2D eigenvalue weighted by Crippen LogP contribution is 2.40. The van der Waals surface area contributed by atoms with E-state index < -0.39 is 23.4 Å². The number of rotatable bonds is 8. The molecule has 3 heterocycles. The van der Waals surface area contributed by atoms with Gasteiger partial charge in [0.05, 0.1) is 16.0 Å². The van der Waals surface area contributed by atoms with Crippen molar-refractivity contribution in [2.24, 2.45) is 0 Å². The van der Waals surface area contributed by atoms with E-state index in [1.807, 2.05) is 35.5 Å². The lowest BCUT2D eigenvalue weighted by Crippen LogP contribution is -2.44. The fourth-order valence-electron chi connectivity index (χ4n) is 5.55. The topological polar surface area (TPSA) is 40.6 Å². The minimum Gasteiger partial charge on any atom is -0.492 e. The predicted octanol–water partition coefficient (Wildman–Crippen LogP) is 7.43. The number of alkyl halides is 3. The molecule has 11 heteroatoms. The Morgan fingerprint density at radius 1 is 0.976 bits per heavy atom. The van der Waals surface area contributed by atoms with Crippen LogP contribution in [0, 0.1) is 18.6 Å². The van der Waals surface area contributed by atoms with E-state index in [-0.39, 0.29) is 35.0 Å². The third kappa shape index (κ3) is 5.98. The summed E-state index contributed by atoms with van der Waals surface area (Å²) in [4.78, 5) is 6.71. The largest absolute Gasteiger partial charge is 0.492 e. The molecule has 2 bridgehead atoms. The van der Waals surface area contributed by atoms with Gasteiger partial charge >= 0.3 is 6.18 Å². The molecule has 2 saturated heterocycles. The monoisotopic (exact) mass is 586 g/mol. The quantitative estimate of drug-likeness (QED) is 0.171. The average Bonchev–Trinajstić information content (AvgIpc) is 3.50. The molecule has 214 valence electrons. The van der Waals surface area contributed by atoms with E-state index >= 15 is 0 Å².